The van der Waals surface area contributed by atoms with Crippen LogP contribution in [0, 0.1) is 5.92 Å². The highest BCUT2D eigenvalue weighted by Gasteiger charge is 2.16. The molecule has 0 bridgehead atoms. The third-order valence-electron chi connectivity index (χ3n) is 4.87. The van der Waals surface area contributed by atoms with E-state index in [0.717, 1.165) is 19.3 Å². The molecule has 0 aromatic rings. The summed E-state index contributed by atoms with van der Waals surface area (Å²) in [6.07, 6.45) is 22.6. The molecule has 1 unspecified atom stereocenters. The van der Waals surface area contributed by atoms with Gasteiger partial charge in [0.15, 0.2) is 0 Å². The molecule has 2 nitrogen and oxygen atoms in total. The molecule has 2 heteroatoms. The molecule has 0 N–H and O–H groups in total. The van der Waals surface area contributed by atoms with E-state index in [1.807, 2.05) is 13.2 Å². The van der Waals surface area contributed by atoms with Crippen LogP contribution in [0.4, 0.5) is 0 Å². The van der Waals surface area contributed by atoms with Gasteiger partial charge in [-0.3, -0.25) is 9.59 Å². The van der Waals surface area contributed by atoms with Crippen LogP contribution in [0.25, 0.3) is 0 Å². The molecule has 0 amide bonds. The summed E-state index contributed by atoms with van der Waals surface area (Å²) in [5.74, 6) is -0.371. The van der Waals surface area contributed by atoms with Gasteiger partial charge in [0.2, 0.25) is 6.29 Å². The van der Waals surface area contributed by atoms with Crippen molar-refractivity contribution < 1.29 is 9.59 Å². The average molecular weight is 338 g/mol. The van der Waals surface area contributed by atoms with Gasteiger partial charge in [0.25, 0.3) is 0 Å². The lowest BCUT2D eigenvalue weighted by Crippen LogP contribution is -2.15. The van der Waals surface area contributed by atoms with Crippen LogP contribution in [0.3, 0.4) is 0 Å². The summed E-state index contributed by atoms with van der Waals surface area (Å²) in [5, 5.41) is 0. The Morgan fingerprint density at radius 3 is 1.46 bits per heavy atom. The third kappa shape index (κ3) is 14.9. The lowest BCUT2D eigenvalue weighted by Gasteiger charge is -2.07. The minimum absolute atomic E-state index is 0.0854. The zero-order valence-electron chi connectivity index (χ0n) is 16.4. The first-order valence-electron chi connectivity index (χ1n) is 10.7. The van der Waals surface area contributed by atoms with Crippen LogP contribution in [0.15, 0.2) is 0 Å². The summed E-state index contributed by atoms with van der Waals surface area (Å²) in [6, 6.07) is 0. The maximum absolute atomic E-state index is 11.7. The van der Waals surface area contributed by atoms with Gasteiger partial charge in [-0.2, -0.15) is 0 Å². The van der Waals surface area contributed by atoms with Crippen LogP contribution in [0.5, 0.6) is 0 Å². The van der Waals surface area contributed by atoms with Gasteiger partial charge in [-0.15, -0.1) is 0 Å². The summed E-state index contributed by atoms with van der Waals surface area (Å²) in [7, 11) is 0. The zero-order chi connectivity index (χ0) is 17.9. The normalized spacial score (nSPS) is 12.2. The van der Waals surface area contributed by atoms with Crippen LogP contribution < -0.4 is 0 Å². The Bertz CT molecular complexity index is 286. The maximum Gasteiger partial charge on any atom is 0.209 e. The van der Waals surface area contributed by atoms with Gasteiger partial charge < -0.3 is 0 Å². The van der Waals surface area contributed by atoms with Crippen molar-refractivity contribution in [2.75, 3.05) is 0 Å². The van der Waals surface area contributed by atoms with E-state index in [1.54, 1.807) is 0 Å². The highest BCUT2D eigenvalue weighted by molar-refractivity contribution is 5.93. The molecule has 0 saturated heterocycles. The minimum atomic E-state index is -0.456. The molecule has 0 aromatic heterocycles. The van der Waals surface area contributed by atoms with Gasteiger partial charge in [-0.25, -0.2) is 0 Å². The first-order chi connectivity index (χ1) is 11.8. The third-order valence-corrected chi connectivity index (χ3v) is 4.87. The van der Waals surface area contributed by atoms with Crippen molar-refractivity contribution in [2.24, 2.45) is 5.92 Å². The lowest BCUT2D eigenvalue weighted by atomic mass is 9.95. The van der Waals surface area contributed by atoms with Crippen molar-refractivity contribution >= 4 is 12.1 Å². The predicted molar refractivity (Wildman–Crippen MR) is 104 cm³/mol. The molecule has 0 saturated carbocycles. The van der Waals surface area contributed by atoms with Crippen molar-refractivity contribution in [3.8, 4) is 0 Å². The summed E-state index contributed by atoms with van der Waals surface area (Å²) >= 11 is 0. The highest BCUT2D eigenvalue weighted by Crippen LogP contribution is 2.15. The predicted octanol–water partition coefficient (Wildman–Crippen LogP) is 6.95. The first kappa shape index (κ1) is 23.3. The van der Waals surface area contributed by atoms with Crippen LogP contribution in [-0.4, -0.2) is 12.1 Å². The van der Waals surface area contributed by atoms with E-state index in [-0.39, 0.29) is 5.78 Å². The van der Waals surface area contributed by atoms with Crippen LogP contribution >= 0.6 is 0 Å². The molecule has 24 heavy (non-hydrogen) atoms. The van der Waals surface area contributed by atoms with Gasteiger partial charge in [-0.05, 0) is 12.8 Å². The maximum atomic E-state index is 11.7. The standard InChI is InChI=1S/C22H41O2/c1-3-5-6-7-8-9-10-11-12-13-14-15-16-17-19-21(20-23)22(24)18-4-2/h21H,3-19H2,1-2H3. The second kappa shape index (κ2) is 18.7. The minimum Gasteiger partial charge on any atom is -0.299 e. The molecule has 0 aliphatic heterocycles. The van der Waals surface area contributed by atoms with Crippen LogP contribution in [-0.2, 0) is 9.59 Å². The number of hydrogen-bond donors (Lipinski definition) is 0. The molecule has 1 radical (unpaired) electrons. The Morgan fingerprint density at radius 1 is 0.667 bits per heavy atom. The Morgan fingerprint density at radius 2 is 1.08 bits per heavy atom. The molecule has 0 rings (SSSR count). The number of rotatable bonds is 19. The summed E-state index contributed by atoms with van der Waals surface area (Å²) in [5.41, 5.74) is 0. The molecular weight excluding hydrogens is 296 g/mol. The van der Waals surface area contributed by atoms with Crippen LogP contribution in [0.1, 0.15) is 123 Å². The fraction of sp³-hybridized carbons (Fsp3) is 0.909. The number of ketones is 1. The molecule has 0 aliphatic carbocycles. The number of Topliss-reactive ketones (excluding diaryl/α,β-unsaturated/α-hetero) is 1. The van der Waals surface area contributed by atoms with Crippen LogP contribution in [0.2, 0.25) is 0 Å². The van der Waals surface area contributed by atoms with Crippen molar-refractivity contribution in [1.82, 2.24) is 0 Å². The Labute approximate surface area is 151 Å². The molecule has 0 aliphatic rings. The van der Waals surface area contributed by atoms with E-state index in [0.29, 0.717) is 12.8 Å². The molecule has 141 valence electrons. The lowest BCUT2D eigenvalue weighted by molar-refractivity contribution is -0.121. The number of unbranched alkanes of at least 4 members (excludes halogenated alkanes) is 13. The second-order valence-corrected chi connectivity index (χ2v) is 7.27. The SMILES string of the molecule is CCCCCCCCCCCCCCCCC([C]=O)C(=O)CCC. The molecule has 0 fully saturated rings. The highest BCUT2D eigenvalue weighted by atomic mass is 16.1. The first-order valence-corrected chi connectivity index (χ1v) is 10.7. The molecule has 1 atom stereocenters. The van der Waals surface area contributed by atoms with Gasteiger partial charge in [0.1, 0.15) is 5.78 Å². The molecule has 0 spiro atoms. The van der Waals surface area contributed by atoms with E-state index < -0.39 is 5.92 Å². The van der Waals surface area contributed by atoms with Gasteiger partial charge in [0.05, 0.1) is 5.92 Å². The Hall–Kier alpha value is -0.660. The summed E-state index contributed by atoms with van der Waals surface area (Å²) in [6.45, 7) is 4.25. The number of hydrogen-bond acceptors (Lipinski definition) is 2. The van der Waals surface area contributed by atoms with E-state index >= 15 is 0 Å². The summed E-state index contributed by atoms with van der Waals surface area (Å²) < 4.78 is 0. The smallest absolute Gasteiger partial charge is 0.209 e. The number of carbonyl (C=O) groups excluding carboxylic acids is 2. The van der Waals surface area contributed by atoms with E-state index in [4.69, 9.17) is 0 Å². The monoisotopic (exact) mass is 337 g/mol. The Balaban J connectivity index is 3.27. The van der Waals surface area contributed by atoms with E-state index in [9.17, 15) is 9.59 Å². The van der Waals surface area contributed by atoms with Crippen molar-refractivity contribution in [3.63, 3.8) is 0 Å². The topological polar surface area (TPSA) is 34.1 Å². The van der Waals surface area contributed by atoms with Crippen molar-refractivity contribution in [3.05, 3.63) is 0 Å². The molecular formula is C22H41O2. The van der Waals surface area contributed by atoms with Crippen molar-refractivity contribution in [2.45, 2.75) is 123 Å². The quantitative estimate of drug-likeness (QED) is 0.189. The summed E-state index contributed by atoms with van der Waals surface area (Å²) in [4.78, 5) is 22.5. The number of carbonyl (C=O) groups is 1. The largest absolute Gasteiger partial charge is 0.299 e. The average Bonchev–Trinajstić information content (AvgIpc) is 2.58. The fourth-order valence-electron chi connectivity index (χ4n) is 3.25. The molecule has 0 aromatic carbocycles. The zero-order valence-corrected chi connectivity index (χ0v) is 16.4. The second-order valence-electron chi connectivity index (χ2n) is 7.27. The fourth-order valence-corrected chi connectivity index (χ4v) is 3.25. The van der Waals surface area contributed by atoms with Crippen molar-refractivity contribution in [1.29, 1.82) is 0 Å². The van der Waals surface area contributed by atoms with Gasteiger partial charge >= 0.3 is 0 Å². The molecule has 0 heterocycles. The van der Waals surface area contributed by atoms with E-state index in [2.05, 4.69) is 6.92 Å². The van der Waals surface area contributed by atoms with Gasteiger partial charge in [-0.1, -0.05) is 104 Å². The Kier molecular flexibility index (Phi) is 18.2. The van der Waals surface area contributed by atoms with E-state index in [1.165, 1.54) is 77.0 Å². The van der Waals surface area contributed by atoms with Gasteiger partial charge in [0, 0.05) is 6.42 Å².